The van der Waals surface area contributed by atoms with E-state index in [0.717, 1.165) is 19.6 Å². The Hall–Kier alpha value is -0.120. The topological polar surface area (TPSA) is 30.5 Å². The van der Waals surface area contributed by atoms with Crippen LogP contribution in [-0.4, -0.2) is 38.0 Å². The quantitative estimate of drug-likeness (QED) is 0.607. The fourth-order valence-electron chi connectivity index (χ4n) is 2.09. The molecule has 0 spiro atoms. The molecule has 0 aliphatic carbocycles. The second-order valence-electron chi connectivity index (χ2n) is 4.51. The average molecular weight is 245 g/mol. The Morgan fingerprint density at radius 3 is 2.29 bits per heavy atom. The predicted molar refractivity (Wildman–Crippen MR) is 73.5 cm³/mol. The molecular weight excluding hydrogens is 214 g/mol. The Morgan fingerprint density at radius 2 is 1.82 bits per heavy atom. The number of hydrogen-bond acceptors (Lipinski definition) is 3. The lowest BCUT2D eigenvalue weighted by atomic mass is 10.0. The largest absolute Gasteiger partial charge is 0.379 e. The second-order valence-corrected chi connectivity index (χ2v) is 4.51. The van der Waals surface area contributed by atoms with Gasteiger partial charge in [0.2, 0.25) is 0 Å². The smallest absolute Gasteiger partial charge is 0.0785 e. The van der Waals surface area contributed by atoms with Gasteiger partial charge in [0.1, 0.15) is 0 Å². The van der Waals surface area contributed by atoms with Gasteiger partial charge >= 0.3 is 0 Å². The van der Waals surface area contributed by atoms with E-state index >= 15 is 0 Å². The summed E-state index contributed by atoms with van der Waals surface area (Å²) in [6.07, 6.45) is 3.89. The molecular formula is C14H31NO2. The molecule has 1 N–H and O–H groups in total. The van der Waals surface area contributed by atoms with Gasteiger partial charge in [-0.25, -0.2) is 0 Å². The van der Waals surface area contributed by atoms with E-state index in [1.807, 2.05) is 6.92 Å². The van der Waals surface area contributed by atoms with E-state index in [-0.39, 0.29) is 6.10 Å². The standard InChI is InChI=1S/C14H31NO2/c1-6-10-13(15-8-3)14(7-2)17-12(5)11-16-9-4/h12-15H,6-11H2,1-5H3. The lowest BCUT2D eigenvalue weighted by molar-refractivity contribution is -0.0617. The molecule has 0 aromatic carbocycles. The maximum Gasteiger partial charge on any atom is 0.0785 e. The van der Waals surface area contributed by atoms with Gasteiger partial charge in [0, 0.05) is 12.6 Å². The molecule has 0 aliphatic heterocycles. The van der Waals surface area contributed by atoms with E-state index in [2.05, 4.69) is 33.0 Å². The molecule has 0 rings (SSSR count). The van der Waals surface area contributed by atoms with Crippen molar-refractivity contribution in [3.63, 3.8) is 0 Å². The van der Waals surface area contributed by atoms with Crippen LogP contribution < -0.4 is 5.32 Å². The highest BCUT2D eigenvalue weighted by molar-refractivity contribution is 4.76. The number of ether oxygens (including phenoxy) is 2. The van der Waals surface area contributed by atoms with Crippen molar-refractivity contribution in [2.45, 2.75) is 72.1 Å². The summed E-state index contributed by atoms with van der Waals surface area (Å²) in [5.74, 6) is 0. The second kappa shape index (κ2) is 11.0. The first kappa shape index (κ1) is 16.9. The Labute approximate surface area is 107 Å². The molecule has 0 saturated heterocycles. The van der Waals surface area contributed by atoms with Crippen molar-refractivity contribution in [3.05, 3.63) is 0 Å². The number of hydrogen-bond donors (Lipinski definition) is 1. The summed E-state index contributed by atoms with van der Waals surface area (Å²) in [5, 5.41) is 3.53. The molecule has 3 nitrogen and oxygen atoms in total. The zero-order chi connectivity index (χ0) is 13.1. The highest BCUT2D eigenvalue weighted by Gasteiger charge is 2.21. The molecule has 0 aromatic rings. The number of rotatable bonds is 11. The van der Waals surface area contributed by atoms with Gasteiger partial charge < -0.3 is 14.8 Å². The van der Waals surface area contributed by atoms with Crippen molar-refractivity contribution >= 4 is 0 Å². The number of nitrogens with one attached hydrogen (secondary N) is 1. The molecule has 3 unspecified atom stereocenters. The van der Waals surface area contributed by atoms with Crippen LogP contribution in [0.4, 0.5) is 0 Å². The van der Waals surface area contributed by atoms with Crippen molar-refractivity contribution in [2.75, 3.05) is 19.8 Å². The minimum atomic E-state index is 0.179. The van der Waals surface area contributed by atoms with Crippen molar-refractivity contribution in [1.29, 1.82) is 0 Å². The molecule has 3 atom stereocenters. The molecule has 0 fully saturated rings. The third kappa shape index (κ3) is 7.74. The van der Waals surface area contributed by atoms with Gasteiger partial charge in [-0.15, -0.1) is 0 Å². The number of likely N-dealkylation sites (N-methyl/N-ethyl adjacent to an activating group) is 1. The van der Waals surface area contributed by atoms with Gasteiger partial charge in [0.15, 0.2) is 0 Å². The third-order valence-electron chi connectivity index (χ3n) is 2.88. The lowest BCUT2D eigenvalue weighted by Crippen LogP contribution is -2.43. The first-order valence-corrected chi connectivity index (χ1v) is 7.15. The molecule has 3 heteroatoms. The van der Waals surface area contributed by atoms with Crippen LogP contribution >= 0.6 is 0 Å². The van der Waals surface area contributed by atoms with Crippen LogP contribution in [0.5, 0.6) is 0 Å². The van der Waals surface area contributed by atoms with Crippen LogP contribution in [0.2, 0.25) is 0 Å². The van der Waals surface area contributed by atoms with Gasteiger partial charge in [0.05, 0.1) is 18.8 Å². The summed E-state index contributed by atoms with van der Waals surface area (Å²) in [7, 11) is 0. The average Bonchev–Trinajstić information content (AvgIpc) is 2.33. The highest BCUT2D eigenvalue weighted by Crippen LogP contribution is 2.12. The first-order valence-electron chi connectivity index (χ1n) is 7.15. The van der Waals surface area contributed by atoms with E-state index in [1.165, 1.54) is 12.8 Å². The summed E-state index contributed by atoms with van der Waals surface area (Å²) in [6.45, 7) is 13.1. The van der Waals surface area contributed by atoms with Crippen molar-refractivity contribution in [3.8, 4) is 0 Å². The van der Waals surface area contributed by atoms with E-state index in [9.17, 15) is 0 Å². The van der Waals surface area contributed by atoms with Gasteiger partial charge in [-0.05, 0) is 33.2 Å². The molecule has 0 bridgehead atoms. The van der Waals surface area contributed by atoms with Crippen LogP contribution in [0.1, 0.15) is 53.9 Å². The molecule has 0 aromatic heterocycles. The van der Waals surface area contributed by atoms with Crippen LogP contribution in [0, 0.1) is 0 Å². The molecule has 0 heterocycles. The van der Waals surface area contributed by atoms with Crippen LogP contribution in [0.3, 0.4) is 0 Å². The Morgan fingerprint density at radius 1 is 1.12 bits per heavy atom. The maximum atomic E-state index is 6.08. The van der Waals surface area contributed by atoms with Crippen molar-refractivity contribution in [1.82, 2.24) is 5.32 Å². The van der Waals surface area contributed by atoms with E-state index < -0.39 is 0 Å². The summed E-state index contributed by atoms with van der Waals surface area (Å²) >= 11 is 0. The van der Waals surface area contributed by atoms with Crippen LogP contribution in [0.25, 0.3) is 0 Å². The fourth-order valence-corrected chi connectivity index (χ4v) is 2.09. The van der Waals surface area contributed by atoms with Gasteiger partial charge in [-0.3, -0.25) is 0 Å². The zero-order valence-electron chi connectivity index (χ0n) is 12.3. The van der Waals surface area contributed by atoms with Gasteiger partial charge in [-0.2, -0.15) is 0 Å². The first-order chi connectivity index (χ1) is 8.19. The Kier molecular flexibility index (Phi) is 10.9. The van der Waals surface area contributed by atoms with Gasteiger partial charge in [0.25, 0.3) is 0 Å². The van der Waals surface area contributed by atoms with E-state index in [4.69, 9.17) is 9.47 Å². The van der Waals surface area contributed by atoms with Crippen molar-refractivity contribution < 1.29 is 9.47 Å². The predicted octanol–water partition coefficient (Wildman–Crippen LogP) is 2.98. The Bertz CT molecular complexity index is 158. The van der Waals surface area contributed by atoms with E-state index in [0.29, 0.717) is 18.8 Å². The summed E-state index contributed by atoms with van der Waals surface area (Å²) in [4.78, 5) is 0. The monoisotopic (exact) mass is 245 g/mol. The molecule has 0 aliphatic rings. The van der Waals surface area contributed by atoms with E-state index in [1.54, 1.807) is 0 Å². The molecule has 104 valence electrons. The van der Waals surface area contributed by atoms with Crippen LogP contribution in [0.15, 0.2) is 0 Å². The normalized spacial score (nSPS) is 16.8. The minimum absolute atomic E-state index is 0.179. The fraction of sp³-hybridized carbons (Fsp3) is 1.00. The van der Waals surface area contributed by atoms with Crippen molar-refractivity contribution in [2.24, 2.45) is 0 Å². The molecule has 17 heavy (non-hydrogen) atoms. The van der Waals surface area contributed by atoms with Crippen LogP contribution in [-0.2, 0) is 9.47 Å². The molecule has 0 saturated carbocycles. The molecule has 0 radical (unpaired) electrons. The maximum absolute atomic E-state index is 6.08. The Balaban J connectivity index is 4.15. The highest BCUT2D eigenvalue weighted by atomic mass is 16.5. The molecule has 0 amide bonds. The lowest BCUT2D eigenvalue weighted by Gasteiger charge is -2.29. The summed E-state index contributed by atoms with van der Waals surface area (Å²) in [5.41, 5.74) is 0. The minimum Gasteiger partial charge on any atom is -0.379 e. The van der Waals surface area contributed by atoms with Gasteiger partial charge in [-0.1, -0.05) is 27.2 Å². The summed E-state index contributed by atoms with van der Waals surface area (Å²) < 4.78 is 11.5. The SMILES string of the molecule is CCCC(NCC)C(CC)OC(C)COCC. The zero-order valence-corrected chi connectivity index (χ0v) is 12.3. The third-order valence-corrected chi connectivity index (χ3v) is 2.88. The summed E-state index contributed by atoms with van der Waals surface area (Å²) in [6, 6.07) is 0.471.